The predicted octanol–water partition coefficient (Wildman–Crippen LogP) is 0.773. The summed E-state index contributed by atoms with van der Waals surface area (Å²) in [5.74, 6) is -0.251. The average molecular weight is 191 g/mol. The highest BCUT2D eigenvalue weighted by molar-refractivity contribution is 5.96. The summed E-state index contributed by atoms with van der Waals surface area (Å²) in [6.07, 6.45) is 0.718. The number of rotatable bonds is 2. The van der Waals surface area contributed by atoms with E-state index in [0.717, 1.165) is 17.0 Å². The first kappa shape index (κ1) is 8.74. The lowest BCUT2D eigenvalue weighted by Gasteiger charge is -2.24. The Morgan fingerprint density at radius 2 is 2.14 bits per heavy atom. The minimum absolute atomic E-state index is 0.251. The molecule has 4 nitrogen and oxygen atoms in total. The number of nitrogens with zero attached hydrogens (tertiary/aromatic N) is 1. The van der Waals surface area contributed by atoms with Crippen molar-refractivity contribution in [1.82, 2.24) is 5.06 Å². The van der Waals surface area contributed by atoms with E-state index in [2.05, 4.69) is 4.84 Å². The molecular formula is C10H9NO3. The first-order valence-corrected chi connectivity index (χ1v) is 4.33. The lowest BCUT2D eigenvalue weighted by molar-refractivity contribution is -0.161. The molecule has 0 radical (unpaired) electrons. The smallest absolute Gasteiger partial charge is 0.320 e. The number of hydrogen-bond donors (Lipinski definition) is 0. The maximum absolute atomic E-state index is 11.6. The van der Waals surface area contributed by atoms with Crippen LogP contribution in [0.3, 0.4) is 0 Å². The van der Waals surface area contributed by atoms with E-state index in [-0.39, 0.29) is 12.4 Å². The molecule has 0 saturated carbocycles. The summed E-state index contributed by atoms with van der Waals surface area (Å²) in [5.41, 5.74) is 1.61. The molecule has 1 aliphatic heterocycles. The topological polar surface area (TPSA) is 46.6 Å². The number of hydrogen-bond acceptors (Lipinski definition) is 3. The molecule has 1 aliphatic rings. The molecule has 1 aromatic carbocycles. The van der Waals surface area contributed by atoms with Gasteiger partial charge in [0, 0.05) is 5.56 Å². The van der Waals surface area contributed by atoms with Gasteiger partial charge in [-0.3, -0.25) is 9.59 Å². The molecule has 0 aromatic heterocycles. The van der Waals surface area contributed by atoms with Crippen LogP contribution in [0.1, 0.15) is 15.9 Å². The number of benzene rings is 1. The zero-order valence-electron chi connectivity index (χ0n) is 7.47. The molecule has 0 unspecified atom stereocenters. The molecule has 1 aromatic rings. The van der Waals surface area contributed by atoms with Gasteiger partial charge in [-0.05, 0) is 18.1 Å². The Morgan fingerprint density at radius 1 is 1.36 bits per heavy atom. The predicted molar refractivity (Wildman–Crippen MR) is 48.3 cm³/mol. The Hall–Kier alpha value is -1.84. The van der Waals surface area contributed by atoms with Crippen LogP contribution in [-0.2, 0) is 16.1 Å². The van der Waals surface area contributed by atoms with Gasteiger partial charge < -0.3 is 4.84 Å². The second-order valence-corrected chi connectivity index (χ2v) is 3.02. The van der Waals surface area contributed by atoms with E-state index in [1.807, 2.05) is 12.1 Å². The van der Waals surface area contributed by atoms with E-state index in [9.17, 15) is 9.59 Å². The van der Waals surface area contributed by atoms with Crippen LogP contribution in [0.15, 0.2) is 24.3 Å². The van der Waals surface area contributed by atoms with Crippen LogP contribution >= 0.6 is 0 Å². The van der Waals surface area contributed by atoms with Crippen LogP contribution in [0.2, 0.25) is 0 Å². The lowest BCUT2D eigenvalue weighted by Crippen LogP contribution is -2.37. The van der Waals surface area contributed by atoms with Crippen molar-refractivity contribution < 1.29 is 14.4 Å². The Balaban J connectivity index is 2.31. The van der Waals surface area contributed by atoms with E-state index < -0.39 is 0 Å². The van der Waals surface area contributed by atoms with Gasteiger partial charge in [-0.2, -0.15) is 5.06 Å². The van der Waals surface area contributed by atoms with Crippen molar-refractivity contribution in [3.8, 4) is 0 Å². The zero-order chi connectivity index (χ0) is 9.97. The van der Waals surface area contributed by atoms with Crippen molar-refractivity contribution in [2.75, 3.05) is 6.54 Å². The standard InChI is InChI=1S/C10H9NO3/c12-7-14-11-6-5-8-3-1-2-4-9(8)10(11)13/h1-4,7H,5-6H2. The van der Waals surface area contributed by atoms with Crippen LogP contribution in [0.4, 0.5) is 0 Å². The third-order valence-corrected chi connectivity index (χ3v) is 2.23. The largest absolute Gasteiger partial charge is 0.341 e. The quantitative estimate of drug-likeness (QED) is 0.649. The van der Waals surface area contributed by atoms with Gasteiger partial charge in [0.1, 0.15) is 0 Å². The van der Waals surface area contributed by atoms with Gasteiger partial charge in [0.15, 0.2) is 0 Å². The molecule has 0 saturated heterocycles. The van der Waals surface area contributed by atoms with Crippen LogP contribution in [-0.4, -0.2) is 24.0 Å². The van der Waals surface area contributed by atoms with Crippen molar-refractivity contribution in [3.63, 3.8) is 0 Å². The number of carbonyl (C=O) groups excluding carboxylic acids is 2. The minimum Gasteiger partial charge on any atom is -0.341 e. The first-order valence-electron chi connectivity index (χ1n) is 4.33. The Bertz CT molecular complexity index is 375. The second kappa shape index (κ2) is 3.49. The highest BCUT2D eigenvalue weighted by atomic mass is 16.7. The van der Waals surface area contributed by atoms with Crippen molar-refractivity contribution in [1.29, 1.82) is 0 Å². The molecule has 0 spiro atoms. The summed E-state index contributed by atoms with van der Waals surface area (Å²) in [7, 11) is 0. The molecule has 4 heteroatoms. The normalized spacial score (nSPS) is 14.9. The molecule has 0 atom stereocenters. The fourth-order valence-corrected chi connectivity index (χ4v) is 1.56. The van der Waals surface area contributed by atoms with Crippen LogP contribution in [0.5, 0.6) is 0 Å². The summed E-state index contributed by atoms with van der Waals surface area (Å²) in [4.78, 5) is 26.3. The molecular weight excluding hydrogens is 182 g/mol. The average Bonchev–Trinajstić information content (AvgIpc) is 2.23. The summed E-state index contributed by atoms with van der Waals surface area (Å²) >= 11 is 0. The van der Waals surface area contributed by atoms with E-state index in [4.69, 9.17) is 0 Å². The number of fused-ring (bicyclic) bond motifs is 1. The van der Waals surface area contributed by atoms with Crippen LogP contribution in [0.25, 0.3) is 0 Å². The van der Waals surface area contributed by atoms with Gasteiger partial charge in [-0.15, -0.1) is 0 Å². The summed E-state index contributed by atoms with van der Waals surface area (Å²) < 4.78 is 0. The maximum atomic E-state index is 11.6. The number of hydroxylamine groups is 2. The number of carbonyl (C=O) groups is 2. The Morgan fingerprint density at radius 3 is 2.93 bits per heavy atom. The van der Waals surface area contributed by atoms with E-state index in [0.29, 0.717) is 12.1 Å². The van der Waals surface area contributed by atoms with E-state index in [1.54, 1.807) is 12.1 Å². The van der Waals surface area contributed by atoms with Crippen LogP contribution < -0.4 is 0 Å². The van der Waals surface area contributed by atoms with Crippen molar-refractivity contribution in [2.45, 2.75) is 6.42 Å². The zero-order valence-corrected chi connectivity index (χ0v) is 7.47. The SMILES string of the molecule is O=CON1CCc2ccccc2C1=O. The molecule has 72 valence electrons. The fraction of sp³-hybridized carbons (Fsp3) is 0.200. The van der Waals surface area contributed by atoms with Gasteiger partial charge in [-0.1, -0.05) is 18.2 Å². The van der Waals surface area contributed by atoms with Gasteiger partial charge in [-0.25, -0.2) is 0 Å². The minimum atomic E-state index is -0.251. The molecule has 0 N–H and O–H groups in total. The van der Waals surface area contributed by atoms with Gasteiger partial charge in [0.2, 0.25) is 0 Å². The molecule has 0 fully saturated rings. The van der Waals surface area contributed by atoms with Gasteiger partial charge in [0.25, 0.3) is 5.91 Å². The summed E-state index contributed by atoms with van der Waals surface area (Å²) in [5, 5.41) is 1.08. The van der Waals surface area contributed by atoms with Crippen LogP contribution in [0, 0.1) is 0 Å². The molecule has 14 heavy (non-hydrogen) atoms. The third-order valence-electron chi connectivity index (χ3n) is 2.23. The molecule has 1 heterocycles. The summed E-state index contributed by atoms with van der Waals surface area (Å²) in [6.45, 7) is 0.695. The molecule has 1 amide bonds. The monoisotopic (exact) mass is 191 g/mol. The molecule has 0 aliphatic carbocycles. The highest BCUT2D eigenvalue weighted by Gasteiger charge is 2.24. The Kier molecular flexibility index (Phi) is 2.18. The van der Waals surface area contributed by atoms with Crippen molar-refractivity contribution in [2.24, 2.45) is 0 Å². The highest BCUT2D eigenvalue weighted by Crippen LogP contribution is 2.18. The van der Waals surface area contributed by atoms with Gasteiger partial charge in [0.05, 0.1) is 6.54 Å². The lowest BCUT2D eigenvalue weighted by atomic mass is 10.0. The van der Waals surface area contributed by atoms with Crippen molar-refractivity contribution in [3.05, 3.63) is 35.4 Å². The maximum Gasteiger partial charge on any atom is 0.320 e. The fourth-order valence-electron chi connectivity index (χ4n) is 1.56. The third kappa shape index (κ3) is 1.35. The first-order chi connectivity index (χ1) is 6.83. The molecule has 2 rings (SSSR count). The Labute approximate surface area is 81.0 Å². The number of amides is 1. The van der Waals surface area contributed by atoms with Crippen molar-refractivity contribution >= 4 is 12.4 Å². The van der Waals surface area contributed by atoms with E-state index in [1.165, 1.54) is 0 Å². The second-order valence-electron chi connectivity index (χ2n) is 3.02. The molecule has 0 bridgehead atoms. The summed E-state index contributed by atoms with van der Waals surface area (Å²) in [6, 6.07) is 7.33. The van der Waals surface area contributed by atoms with E-state index >= 15 is 0 Å². The van der Waals surface area contributed by atoms with Gasteiger partial charge >= 0.3 is 6.47 Å².